The van der Waals surface area contributed by atoms with Gasteiger partial charge < -0.3 is 5.32 Å². The van der Waals surface area contributed by atoms with Crippen LogP contribution >= 0.6 is 34.8 Å². The minimum absolute atomic E-state index is 0.0857. The van der Waals surface area contributed by atoms with E-state index >= 15 is 0 Å². The molecule has 0 spiro atoms. The number of rotatable bonds is 4. The van der Waals surface area contributed by atoms with E-state index in [9.17, 15) is 8.42 Å². The molecule has 0 fully saturated rings. The molecule has 146 valence electrons. The van der Waals surface area contributed by atoms with Crippen LogP contribution in [0.15, 0.2) is 53.6 Å². The lowest BCUT2D eigenvalue weighted by atomic mass is 10.1. The molecule has 4 rings (SSSR count). The molecule has 8 heteroatoms. The van der Waals surface area contributed by atoms with Gasteiger partial charge in [0.15, 0.2) is 0 Å². The maximum absolute atomic E-state index is 13.5. The van der Waals surface area contributed by atoms with Crippen molar-refractivity contribution in [1.82, 2.24) is 9.29 Å². The summed E-state index contributed by atoms with van der Waals surface area (Å²) in [6.45, 7) is 0. The molecular formula is C20H17Cl3N2O2S. The Kier molecular flexibility index (Phi) is 5.23. The summed E-state index contributed by atoms with van der Waals surface area (Å²) in [5, 5.41) is 4.54. The maximum Gasteiger partial charge on any atom is 0.268 e. The van der Waals surface area contributed by atoms with Gasteiger partial charge in [0.1, 0.15) is 0 Å². The SMILES string of the molecule is CNC1CCc2c1cn(S(=O)(=O)c1cccc(Cl)c1)c2-c1cc(Cl)ccc1Cl. The van der Waals surface area contributed by atoms with Crippen molar-refractivity contribution in [3.05, 3.63) is 74.9 Å². The first kappa shape index (κ1) is 19.8. The number of hydrogen-bond donors (Lipinski definition) is 1. The molecule has 0 aliphatic heterocycles. The molecule has 1 heterocycles. The Hall–Kier alpha value is -1.50. The molecule has 1 N–H and O–H groups in total. The van der Waals surface area contributed by atoms with Crippen molar-refractivity contribution in [3.8, 4) is 11.3 Å². The fraction of sp³-hybridized carbons (Fsp3) is 0.200. The summed E-state index contributed by atoms with van der Waals surface area (Å²) in [7, 11) is -2.01. The molecule has 0 saturated carbocycles. The van der Waals surface area contributed by atoms with Crippen LogP contribution in [0.25, 0.3) is 11.3 Å². The number of nitrogens with zero attached hydrogens (tertiary/aromatic N) is 1. The zero-order valence-corrected chi connectivity index (χ0v) is 18.0. The monoisotopic (exact) mass is 454 g/mol. The summed E-state index contributed by atoms with van der Waals surface area (Å²) in [5.41, 5.74) is 3.08. The summed E-state index contributed by atoms with van der Waals surface area (Å²) in [6.07, 6.45) is 3.33. The van der Waals surface area contributed by atoms with E-state index in [1.807, 2.05) is 7.05 Å². The van der Waals surface area contributed by atoms with Crippen molar-refractivity contribution in [1.29, 1.82) is 0 Å². The van der Waals surface area contributed by atoms with Gasteiger partial charge in [-0.25, -0.2) is 12.4 Å². The van der Waals surface area contributed by atoms with Gasteiger partial charge in [-0.1, -0.05) is 40.9 Å². The Bertz CT molecular complexity index is 1170. The second kappa shape index (κ2) is 7.39. The van der Waals surface area contributed by atoms with E-state index in [4.69, 9.17) is 34.8 Å². The highest BCUT2D eigenvalue weighted by atomic mass is 35.5. The van der Waals surface area contributed by atoms with E-state index in [1.165, 1.54) is 16.1 Å². The molecule has 1 aliphatic carbocycles. The predicted octanol–water partition coefficient (Wildman–Crippen LogP) is 5.56. The Labute approximate surface area is 179 Å². The third-order valence-electron chi connectivity index (χ3n) is 5.05. The van der Waals surface area contributed by atoms with Gasteiger partial charge in [0.2, 0.25) is 0 Å². The van der Waals surface area contributed by atoms with Crippen molar-refractivity contribution in [2.45, 2.75) is 23.8 Å². The Morgan fingerprint density at radius 2 is 1.82 bits per heavy atom. The molecule has 1 atom stereocenters. The zero-order valence-electron chi connectivity index (χ0n) is 14.9. The Morgan fingerprint density at radius 3 is 2.54 bits per heavy atom. The van der Waals surface area contributed by atoms with Gasteiger partial charge in [-0.05, 0) is 67.4 Å². The zero-order chi connectivity index (χ0) is 20.1. The Morgan fingerprint density at radius 1 is 1.07 bits per heavy atom. The van der Waals surface area contributed by atoms with Gasteiger partial charge in [0.05, 0.1) is 15.6 Å². The van der Waals surface area contributed by atoms with Crippen molar-refractivity contribution in [2.24, 2.45) is 0 Å². The average molecular weight is 456 g/mol. The molecule has 28 heavy (non-hydrogen) atoms. The molecule has 3 aromatic rings. The third kappa shape index (κ3) is 3.25. The van der Waals surface area contributed by atoms with Gasteiger partial charge in [-0.3, -0.25) is 0 Å². The Balaban J connectivity index is 2.02. The fourth-order valence-corrected chi connectivity index (χ4v) is 5.83. The van der Waals surface area contributed by atoms with E-state index in [2.05, 4.69) is 5.32 Å². The second-order valence-corrected chi connectivity index (χ2v) is 9.77. The lowest BCUT2D eigenvalue weighted by Gasteiger charge is -2.14. The second-order valence-electron chi connectivity index (χ2n) is 6.67. The minimum Gasteiger partial charge on any atom is -0.313 e. The van der Waals surface area contributed by atoms with Gasteiger partial charge in [0.25, 0.3) is 10.0 Å². The standard InChI is InChI=1S/C20H17Cl3N2O2S/c1-24-19-8-6-15-17(19)11-25(20(15)16-10-13(22)5-7-18(16)23)28(26,27)14-4-2-3-12(21)9-14/h2-5,7,9-11,19,24H,6,8H2,1H3. The van der Waals surface area contributed by atoms with Crippen LogP contribution in [0.5, 0.6) is 0 Å². The van der Waals surface area contributed by atoms with Crippen LogP contribution in [0.2, 0.25) is 15.1 Å². The first-order valence-corrected chi connectivity index (χ1v) is 11.3. The molecule has 1 aromatic heterocycles. The summed E-state index contributed by atoms with van der Waals surface area (Å²) in [6, 6.07) is 11.4. The smallest absolute Gasteiger partial charge is 0.268 e. The maximum atomic E-state index is 13.5. The fourth-order valence-electron chi connectivity index (χ4n) is 3.74. The van der Waals surface area contributed by atoms with Crippen LogP contribution in [0.4, 0.5) is 0 Å². The van der Waals surface area contributed by atoms with E-state index in [0.29, 0.717) is 26.3 Å². The summed E-state index contributed by atoms with van der Waals surface area (Å²) >= 11 is 18.7. The van der Waals surface area contributed by atoms with Gasteiger partial charge in [-0.15, -0.1) is 0 Å². The number of fused-ring (bicyclic) bond motifs is 1. The largest absolute Gasteiger partial charge is 0.313 e. The minimum atomic E-state index is -3.88. The van der Waals surface area contributed by atoms with Crippen LogP contribution in [0.3, 0.4) is 0 Å². The number of hydrogen-bond acceptors (Lipinski definition) is 3. The first-order valence-electron chi connectivity index (χ1n) is 8.71. The van der Waals surface area contributed by atoms with E-state index < -0.39 is 10.0 Å². The van der Waals surface area contributed by atoms with Gasteiger partial charge in [0, 0.05) is 27.8 Å². The summed E-state index contributed by atoms with van der Waals surface area (Å²) in [4.78, 5) is 0.120. The highest BCUT2D eigenvalue weighted by molar-refractivity contribution is 7.90. The van der Waals surface area contributed by atoms with Crippen molar-refractivity contribution in [2.75, 3.05) is 7.05 Å². The number of benzene rings is 2. The highest BCUT2D eigenvalue weighted by Crippen LogP contribution is 2.43. The normalized spacial score (nSPS) is 16.4. The number of aromatic nitrogens is 1. The molecule has 1 unspecified atom stereocenters. The van der Waals surface area contributed by atoms with Crippen LogP contribution in [-0.4, -0.2) is 19.4 Å². The van der Waals surface area contributed by atoms with Crippen LogP contribution < -0.4 is 5.32 Å². The van der Waals surface area contributed by atoms with Gasteiger partial charge in [-0.2, -0.15) is 0 Å². The molecule has 4 nitrogen and oxygen atoms in total. The van der Waals surface area contributed by atoms with Crippen LogP contribution in [-0.2, 0) is 16.4 Å². The quantitative estimate of drug-likeness (QED) is 0.560. The van der Waals surface area contributed by atoms with E-state index in [0.717, 1.165) is 24.0 Å². The average Bonchev–Trinajstić information content (AvgIpc) is 3.23. The lowest BCUT2D eigenvalue weighted by molar-refractivity contribution is 0.579. The van der Waals surface area contributed by atoms with Crippen molar-refractivity contribution in [3.63, 3.8) is 0 Å². The van der Waals surface area contributed by atoms with Crippen LogP contribution in [0.1, 0.15) is 23.6 Å². The van der Waals surface area contributed by atoms with E-state index in [1.54, 1.807) is 36.5 Å². The third-order valence-corrected chi connectivity index (χ3v) is 7.51. The number of halogens is 3. The molecule has 2 aromatic carbocycles. The molecule has 1 aliphatic rings. The molecule has 0 bridgehead atoms. The molecule has 0 radical (unpaired) electrons. The lowest BCUT2D eigenvalue weighted by Crippen LogP contribution is -2.16. The van der Waals surface area contributed by atoms with Crippen LogP contribution in [0, 0.1) is 0 Å². The van der Waals surface area contributed by atoms with E-state index in [-0.39, 0.29) is 10.9 Å². The number of nitrogens with one attached hydrogen (secondary N) is 1. The molecular weight excluding hydrogens is 439 g/mol. The first-order chi connectivity index (χ1) is 13.3. The molecule has 0 amide bonds. The van der Waals surface area contributed by atoms with Crippen molar-refractivity contribution >= 4 is 44.8 Å². The van der Waals surface area contributed by atoms with Gasteiger partial charge >= 0.3 is 0 Å². The highest BCUT2D eigenvalue weighted by Gasteiger charge is 2.33. The van der Waals surface area contributed by atoms with Crippen molar-refractivity contribution < 1.29 is 8.42 Å². The predicted molar refractivity (Wildman–Crippen MR) is 114 cm³/mol. The molecule has 0 saturated heterocycles. The topological polar surface area (TPSA) is 51.1 Å². The summed E-state index contributed by atoms with van der Waals surface area (Å²) in [5.74, 6) is 0. The summed E-state index contributed by atoms with van der Waals surface area (Å²) < 4.78 is 28.3.